The highest BCUT2D eigenvalue weighted by Crippen LogP contribution is 2.31. The minimum Gasteiger partial charge on any atom is -0.354 e. The first-order valence-electron chi connectivity index (χ1n) is 8.52. The average molecular weight is 338 g/mol. The number of pyridine rings is 1. The Labute approximate surface area is 146 Å². The smallest absolute Gasteiger partial charge is 0.128 e. The van der Waals surface area contributed by atoms with Gasteiger partial charge in [-0.15, -0.1) is 11.3 Å². The number of aromatic nitrogens is 2. The molecule has 0 saturated carbocycles. The zero-order valence-corrected chi connectivity index (χ0v) is 15.0. The van der Waals surface area contributed by atoms with Crippen molar-refractivity contribution in [3.63, 3.8) is 0 Å². The fraction of sp³-hybridized carbons (Fsp3) is 0.368. The highest BCUT2D eigenvalue weighted by atomic mass is 32.1. The zero-order chi connectivity index (χ0) is 16.5. The Morgan fingerprint density at radius 3 is 2.62 bits per heavy atom. The normalized spacial score (nSPS) is 16.0. The maximum absolute atomic E-state index is 4.77. The van der Waals surface area contributed by atoms with Crippen molar-refractivity contribution in [1.29, 1.82) is 0 Å². The number of nitrogens with zero attached hydrogens (tertiary/aromatic N) is 4. The number of aryl methyl sites for hydroxylation is 1. The molecule has 0 N–H and O–H groups in total. The highest BCUT2D eigenvalue weighted by Gasteiger charge is 2.15. The van der Waals surface area contributed by atoms with Gasteiger partial charge in [0.25, 0.3) is 0 Å². The highest BCUT2D eigenvalue weighted by molar-refractivity contribution is 7.21. The standard InChI is InChI=1S/C19H22N4S/c1-3-14-4-6-16-17(12-14)24-19(21-16)15-5-7-18(20-13-15)23-10-8-22(2)9-11-23/h4-7,12-13H,3,8-11H2,1-2H3. The zero-order valence-electron chi connectivity index (χ0n) is 14.2. The molecule has 0 amide bonds. The van der Waals surface area contributed by atoms with E-state index < -0.39 is 0 Å². The molecule has 5 heteroatoms. The van der Waals surface area contributed by atoms with E-state index in [1.807, 2.05) is 6.20 Å². The third kappa shape index (κ3) is 3.01. The molecule has 1 fully saturated rings. The number of anilines is 1. The third-order valence-electron chi connectivity index (χ3n) is 4.68. The summed E-state index contributed by atoms with van der Waals surface area (Å²) in [5, 5.41) is 1.05. The first kappa shape index (κ1) is 15.5. The second-order valence-electron chi connectivity index (χ2n) is 6.37. The van der Waals surface area contributed by atoms with Crippen molar-refractivity contribution in [1.82, 2.24) is 14.9 Å². The lowest BCUT2D eigenvalue weighted by molar-refractivity contribution is 0.312. The predicted octanol–water partition coefficient (Wildman–Crippen LogP) is 3.67. The molecule has 24 heavy (non-hydrogen) atoms. The largest absolute Gasteiger partial charge is 0.354 e. The number of benzene rings is 1. The third-order valence-corrected chi connectivity index (χ3v) is 5.75. The lowest BCUT2D eigenvalue weighted by Gasteiger charge is -2.33. The lowest BCUT2D eigenvalue weighted by atomic mass is 10.2. The van der Waals surface area contributed by atoms with Gasteiger partial charge in [0.05, 0.1) is 10.2 Å². The number of hydrogen-bond donors (Lipinski definition) is 0. The van der Waals surface area contributed by atoms with Gasteiger partial charge in [0.15, 0.2) is 0 Å². The summed E-state index contributed by atoms with van der Waals surface area (Å²) in [7, 11) is 2.17. The quantitative estimate of drug-likeness (QED) is 0.729. The van der Waals surface area contributed by atoms with E-state index in [-0.39, 0.29) is 0 Å². The van der Waals surface area contributed by atoms with Crippen LogP contribution in [0.2, 0.25) is 0 Å². The van der Waals surface area contributed by atoms with E-state index in [0.717, 1.165) is 54.5 Å². The summed E-state index contributed by atoms with van der Waals surface area (Å²) in [5.74, 6) is 1.07. The molecule has 4 rings (SSSR count). The molecule has 0 aliphatic carbocycles. The molecule has 124 valence electrons. The van der Waals surface area contributed by atoms with Crippen LogP contribution in [0.15, 0.2) is 36.5 Å². The molecule has 3 heterocycles. The van der Waals surface area contributed by atoms with Crippen molar-refractivity contribution in [2.75, 3.05) is 38.1 Å². The van der Waals surface area contributed by atoms with Crippen LogP contribution in [0.4, 0.5) is 5.82 Å². The molecule has 4 nitrogen and oxygen atoms in total. The van der Waals surface area contributed by atoms with Crippen LogP contribution >= 0.6 is 11.3 Å². The van der Waals surface area contributed by atoms with Gasteiger partial charge in [-0.2, -0.15) is 0 Å². The fourth-order valence-electron chi connectivity index (χ4n) is 3.05. The molecule has 0 radical (unpaired) electrons. The molecule has 0 spiro atoms. The minimum absolute atomic E-state index is 1.05. The van der Waals surface area contributed by atoms with E-state index in [1.54, 1.807) is 11.3 Å². The van der Waals surface area contributed by atoms with Gasteiger partial charge in [0, 0.05) is 37.9 Å². The Kier molecular flexibility index (Phi) is 4.21. The van der Waals surface area contributed by atoms with Crippen molar-refractivity contribution in [3.05, 3.63) is 42.1 Å². The van der Waals surface area contributed by atoms with E-state index in [2.05, 4.69) is 59.1 Å². The van der Waals surface area contributed by atoms with Gasteiger partial charge in [-0.05, 0) is 43.3 Å². The number of fused-ring (bicyclic) bond motifs is 1. The Morgan fingerprint density at radius 2 is 1.92 bits per heavy atom. The fourth-order valence-corrected chi connectivity index (χ4v) is 4.07. The van der Waals surface area contributed by atoms with Gasteiger partial charge in [-0.25, -0.2) is 9.97 Å². The molecule has 2 aromatic heterocycles. The summed E-state index contributed by atoms with van der Waals surface area (Å²) in [6, 6.07) is 10.8. The van der Waals surface area contributed by atoms with Crippen LogP contribution in [0.3, 0.4) is 0 Å². The monoisotopic (exact) mass is 338 g/mol. The number of piperazine rings is 1. The number of rotatable bonds is 3. The Hall–Kier alpha value is -1.98. The van der Waals surface area contributed by atoms with Crippen LogP contribution in [0, 0.1) is 0 Å². The SMILES string of the molecule is CCc1ccc2nc(-c3ccc(N4CCN(C)CC4)nc3)sc2c1. The Morgan fingerprint density at radius 1 is 1.08 bits per heavy atom. The molecule has 0 bridgehead atoms. The second kappa shape index (κ2) is 6.49. The van der Waals surface area contributed by atoms with Gasteiger partial charge in [-0.3, -0.25) is 0 Å². The van der Waals surface area contributed by atoms with Gasteiger partial charge in [-0.1, -0.05) is 13.0 Å². The Bertz CT molecular complexity index is 832. The maximum atomic E-state index is 4.77. The first-order chi connectivity index (χ1) is 11.7. The van der Waals surface area contributed by atoms with E-state index in [1.165, 1.54) is 10.3 Å². The molecule has 1 aliphatic rings. The second-order valence-corrected chi connectivity index (χ2v) is 7.40. The van der Waals surface area contributed by atoms with E-state index in [4.69, 9.17) is 4.98 Å². The van der Waals surface area contributed by atoms with Crippen LogP contribution in [-0.4, -0.2) is 48.1 Å². The molecule has 0 atom stereocenters. The van der Waals surface area contributed by atoms with Crippen molar-refractivity contribution in [2.24, 2.45) is 0 Å². The maximum Gasteiger partial charge on any atom is 0.128 e. The summed E-state index contributed by atoms with van der Waals surface area (Å²) >= 11 is 1.75. The van der Waals surface area contributed by atoms with Gasteiger partial charge in [0.2, 0.25) is 0 Å². The Balaban J connectivity index is 1.58. The van der Waals surface area contributed by atoms with E-state index in [0.29, 0.717) is 0 Å². The molecule has 3 aromatic rings. The topological polar surface area (TPSA) is 32.3 Å². The van der Waals surface area contributed by atoms with Crippen molar-refractivity contribution in [3.8, 4) is 10.6 Å². The summed E-state index contributed by atoms with van der Waals surface area (Å²) in [5.41, 5.74) is 3.55. The first-order valence-corrected chi connectivity index (χ1v) is 9.34. The lowest BCUT2D eigenvalue weighted by Crippen LogP contribution is -2.44. The summed E-state index contributed by atoms with van der Waals surface area (Å²) in [4.78, 5) is 14.2. The van der Waals surface area contributed by atoms with Crippen LogP contribution in [-0.2, 0) is 6.42 Å². The number of hydrogen-bond acceptors (Lipinski definition) is 5. The summed E-state index contributed by atoms with van der Waals surface area (Å²) in [6.45, 7) is 6.47. The number of likely N-dealkylation sites (N-methyl/N-ethyl adjacent to an activating group) is 1. The summed E-state index contributed by atoms with van der Waals surface area (Å²) < 4.78 is 1.26. The van der Waals surface area contributed by atoms with E-state index in [9.17, 15) is 0 Å². The summed E-state index contributed by atoms with van der Waals surface area (Å²) in [6.07, 6.45) is 3.02. The van der Waals surface area contributed by atoms with Crippen LogP contribution in [0.1, 0.15) is 12.5 Å². The van der Waals surface area contributed by atoms with Crippen LogP contribution in [0.5, 0.6) is 0 Å². The van der Waals surface area contributed by atoms with E-state index >= 15 is 0 Å². The molecular formula is C19H22N4S. The minimum atomic E-state index is 1.05. The molecule has 0 unspecified atom stereocenters. The molecule has 1 saturated heterocycles. The molecular weight excluding hydrogens is 316 g/mol. The molecule has 1 aromatic carbocycles. The van der Waals surface area contributed by atoms with Crippen LogP contribution < -0.4 is 4.90 Å². The van der Waals surface area contributed by atoms with Gasteiger partial charge in [0.1, 0.15) is 10.8 Å². The van der Waals surface area contributed by atoms with Crippen molar-refractivity contribution in [2.45, 2.75) is 13.3 Å². The number of thiazole rings is 1. The van der Waals surface area contributed by atoms with Crippen molar-refractivity contribution < 1.29 is 0 Å². The predicted molar refractivity (Wildman–Crippen MR) is 102 cm³/mol. The van der Waals surface area contributed by atoms with Crippen molar-refractivity contribution >= 4 is 27.4 Å². The molecule has 1 aliphatic heterocycles. The van der Waals surface area contributed by atoms with Crippen LogP contribution in [0.25, 0.3) is 20.8 Å². The van der Waals surface area contributed by atoms with Gasteiger partial charge < -0.3 is 9.80 Å². The average Bonchev–Trinajstić information content (AvgIpc) is 3.05. The van der Waals surface area contributed by atoms with Gasteiger partial charge >= 0.3 is 0 Å².